The van der Waals surface area contributed by atoms with Crippen LogP contribution in [0.15, 0.2) is 47.7 Å². The molecule has 0 unspecified atom stereocenters. The van der Waals surface area contributed by atoms with Gasteiger partial charge in [-0.25, -0.2) is 9.59 Å². The maximum Gasteiger partial charge on any atom is 0.355 e. The van der Waals surface area contributed by atoms with Crippen molar-refractivity contribution < 1.29 is 33.5 Å². The van der Waals surface area contributed by atoms with Crippen LogP contribution in [0.3, 0.4) is 0 Å². The Balaban J connectivity index is 2.13. The number of aryl methyl sites for hydroxylation is 2. The number of carbonyl (C=O) groups excluding carboxylic acids is 2. The van der Waals surface area contributed by atoms with E-state index in [1.165, 1.54) is 37.3 Å². The van der Waals surface area contributed by atoms with Crippen molar-refractivity contribution in [2.45, 2.75) is 13.8 Å². The summed E-state index contributed by atoms with van der Waals surface area (Å²) in [6.45, 7) is 3.44. The summed E-state index contributed by atoms with van der Waals surface area (Å²) in [6.07, 6.45) is 0. The minimum absolute atomic E-state index is 0.0610. The van der Waals surface area contributed by atoms with Gasteiger partial charge in [0.2, 0.25) is 0 Å². The van der Waals surface area contributed by atoms with Gasteiger partial charge in [-0.15, -0.1) is 0 Å². The summed E-state index contributed by atoms with van der Waals surface area (Å²) in [5, 5.41) is 11.6. The molecule has 3 rings (SSSR count). The Kier molecular flexibility index (Phi) is 6.74. The van der Waals surface area contributed by atoms with Crippen LogP contribution < -0.4 is 9.64 Å². The van der Waals surface area contributed by atoms with Gasteiger partial charge in [-0.2, -0.15) is 0 Å². The van der Waals surface area contributed by atoms with E-state index in [9.17, 15) is 19.7 Å². The molecular formula is C22H22N2O8. The van der Waals surface area contributed by atoms with Gasteiger partial charge in [0.1, 0.15) is 23.9 Å². The Morgan fingerprint density at radius 2 is 1.78 bits per heavy atom. The van der Waals surface area contributed by atoms with Crippen molar-refractivity contribution in [2.24, 2.45) is 0 Å². The van der Waals surface area contributed by atoms with Crippen LogP contribution in [0.4, 0.5) is 11.4 Å². The van der Waals surface area contributed by atoms with Crippen molar-refractivity contribution in [3.8, 4) is 11.5 Å². The topological polar surface area (TPSA) is 117 Å². The number of carbonyl (C=O) groups is 2. The molecular weight excluding hydrogens is 420 g/mol. The van der Waals surface area contributed by atoms with Gasteiger partial charge < -0.3 is 23.8 Å². The zero-order valence-corrected chi connectivity index (χ0v) is 18.0. The van der Waals surface area contributed by atoms with Crippen LogP contribution in [-0.2, 0) is 23.8 Å². The van der Waals surface area contributed by atoms with E-state index in [-0.39, 0.29) is 41.7 Å². The first kappa shape index (κ1) is 22.8. The number of non-ortho nitro benzene ring substituents is 1. The van der Waals surface area contributed by atoms with Gasteiger partial charge in [0, 0.05) is 12.1 Å². The standard InChI is InChI=1S/C22H22N2O8/c1-13-5-6-14(2)19(7-13)32-17-9-15(8-16(10-17)24(27)28)23-12-31-11-18(21(25)29-3)20(23)22(26)30-4/h5-10H,11-12H2,1-4H3. The lowest BCUT2D eigenvalue weighted by molar-refractivity contribution is -0.384. The second-order valence-electron chi connectivity index (χ2n) is 7.03. The molecule has 0 fully saturated rings. The van der Waals surface area contributed by atoms with E-state index >= 15 is 0 Å². The fraction of sp³-hybridized carbons (Fsp3) is 0.273. The fourth-order valence-corrected chi connectivity index (χ4v) is 3.18. The third-order valence-corrected chi connectivity index (χ3v) is 4.80. The zero-order valence-electron chi connectivity index (χ0n) is 18.0. The summed E-state index contributed by atoms with van der Waals surface area (Å²) < 4.78 is 20.9. The zero-order chi connectivity index (χ0) is 23.4. The first-order valence-corrected chi connectivity index (χ1v) is 9.54. The number of hydrogen-bond donors (Lipinski definition) is 0. The number of nitro benzene ring substituents is 1. The Morgan fingerprint density at radius 1 is 1.06 bits per heavy atom. The van der Waals surface area contributed by atoms with Crippen molar-refractivity contribution in [3.63, 3.8) is 0 Å². The molecule has 2 aromatic carbocycles. The van der Waals surface area contributed by atoms with E-state index < -0.39 is 16.9 Å². The van der Waals surface area contributed by atoms with Crippen LogP contribution in [0.2, 0.25) is 0 Å². The van der Waals surface area contributed by atoms with Gasteiger partial charge in [-0.05, 0) is 31.0 Å². The molecule has 1 aliphatic heterocycles. The van der Waals surface area contributed by atoms with Gasteiger partial charge in [0.15, 0.2) is 0 Å². The van der Waals surface area contributed by atoms with Gasteiger partial charge >= 0.3 is 11.9 Å². The number of rotatable bonds is 6. The highest BCUT2D eigenvalue weighted by molar-refractivity contribution is 6.03. The largest absolute Gasteiger partial charge is 0.466 e. The summed E-state index contributed by atoms with van der Waals surface area (Å²) in [6, 6.07) is 9.66. The predicted octanol–water partition coefficient (Wildman–Crippen LogP) is 3.40. The molecule has 10 nitrogen and oxygen atoms in total. The van der Waals surface area contributed by atoms with Crippen LogP contribution in [-0.4, -0.2) is 44.4 Å². The van der Waals surface area contributed by atoms with Crippen LogP contribution in [0.25, 0.3) is 0 Å². The average Bonchev–Trinajstić information content (AvgIpc) is 2.79. The van der Waals surface area contributed by atoms with Crippen molar-refractivity contribution in [1.29, 1.82) is 0 Å². The normalized spacial score (nSPS) is 13.6. The molecule has 0 aromatic heterocycles. The number of methoxy groups -OCH3 is 2. The summed E-state index contributed by atoms with van der Waals surface area (Å²) in [7, 11) is 2.34. The number of ether oxygens (including phenoxy) is 4. The second kappa shape index (κ2) is 9.48. The first-order valence-electron chi connectivity index (χ1n) is 9.54. The molecule has 168 valence electrons. The molecule has 0 atom stereocenters. The lowest BCUT2D eigenvalue weighted by atomic mass is 10.1. The maximum absolute atomic E-state index is 12.5. The van der Waals surface area contributed by atoms with Gasteiger partial charge in [0.05, 0.1) is 43.1 Å². The van der Waals surface area contributed by atoms with Crippen molar-refractivity contribution >= 4 is 23.3 Å². The molecule has 1 heterocycles. The summed E-state index contributed by atoms with van der Waals surface area (Å²) >= 11 is 0. The molecule has 0 bridgehead atoms. The number of esters is 2. The maximum atomic E-state index is 12.5. The van der Waals surface area contributed by atoms with Crippen LogP contribution in [0, 0.1) is 24.0 Å². The number of benzene rings is 2. The Hall–Kier alpha value is -3.92. The van der Waals surface area contributed by atoms with Crippen molar-refractivity contribution in [3.05, 3.63) is 68.9 Å². The van der Waals surface area contributed by atoms with Crippen molar-refractivity contribution in [1.82, 2.24) is 0 Å². The van der Waals surface area contributed by atoms with Gasteiger partial charge in [0.25, 0.3) is 5.69 Å². The van der Waals surface area contributed by atoms with Crippen LogP contribution >= 0.6 is 0 Å². The SMILES string of the molecule is COC(=O)C1=C(C(=O)OC)N(c2cc(Oc3cc(C)ccc3C)cc([N+](=O)[O-])c2)COC1. The minimum atomic E-state index is -0.808. The highest BCUT2D eigenvalue weighted by atomic mass is 16.6. The van der Waals surface area contributed by atoms with Gasteiger partial charge in [-0.1, -0.05) is 12.1 Å². The number of nitrogens with zero attached hydrogens (tertiary/aromatic N) is 2. The highest BCUT2D eigenvalue weighted by Crippen LogP contribution is 2.36. The van der Waals surface area contributed by atoms with E-state index in [1.54, 1.807) is 0 Å². The molecule has 0 radical (unpaired) electrons. The number of hydrogen-bond acceptors (Lipinski definition) is 9. The minimum Gasteiger partial charge on any atom is -0.466 e. The molecule has 10 heteroatoms. The molecule has 0 N–H and O–H groups in total. The van der Waals surface area contributed by atoms with E-state index in [0.29, 0.717) is 5.75 Å². The molecule has 1 aliphatic rings. The summed E-state index contributed by atoms with van der Waals surface area (Å²) in [5.74, 6) is -0.868. The Labute approximate surface area is 184 Å². The lowest BCUT2D eigenvalue weighted by Gasteiger charge is -2.31. The van der Waals surface area contributed by atoms with E-state index in [0.717, 1.165) is 11.1 Å². The quantitative estimate of drug-likeness (QED) is 0.377. The molecule has 32 heavy (non-hydrogen) atoms. The molecule has 0 spiro atoms. The first-order chi connectivity index (χ1) is 15.2. The lowest BCUT2D eigenvalue weighted by Crippen LogP contribution is -2.38. The predicted molar refractivity (Wildman–Crippen MR) is 113 cm³/mol. The molecule has 0 aliphatic carbocycles. The smallest absolute Gasteiger partial charge is 0.355 e. The Morgan fingerprint density at radius 3 is 2.44 bits per heavy atom. The molecule has 0 saturated heterocycles. The molecule has 0 saturated carbocycles. The monoisotopic (exact) mass is 442 g/mol. The average molecular weight is 442 g/mol. The summed E-state index contributed by atoms with van der Waals surface area (Å²) in [4.78, 5) is 37.0. The fourth-order valence-electron chi connectivity index (χ4n) is 3.18. The van der Waals surface area contributed by atoms with E-state index in [2.05, 4.69) is 0 Å². The van der Waals surface area contributed by atoms with E-state index in [4.69, 9.17) is 18.9 Å². The molecule has 2 aromatic rings. The number of anilines is 1. The molecule has 0 amide bonds. The third kappa shape index (κ3) is 4.70. The second-order valence-corrected chi connectivity index (χ2v) is 7.03. The summed E-state index contributed by atoms with van der Waals surface area (Å²) in [5.41, 5.74) is 1.56. The Bertz CT molecular complexity index is 1110. The van der Waals surface area contributed by atoms with E-state index in [1.807, 2.05) is 32.0 Å². The van der Waals surface area contributed by atoms with Crippen molar-refractivity contribution in [2.75, 3.05) is 32.5 Å². The third-order valence-electron chi connectivity index (χ3n) is 4.80. The van der Waals surface area contributed by atoms with Crippen LogP contribution in [0.1, 0.15) is 11.1 Å². The highest BCUT2D eigenvalue weighted by Gasteiger charge is 2.33. The number of nitro groups is 1. The van der Waals surface area contributed by atoms with Gasteiger partial charge in [-0.3, -0.25) is 10.1 Å². The van der Waals surface area contributed by atoms with Crippen LogP contribution in [0.5, 0.6) is 11.5 Å².